The Morgan fingerprint density at radius 3 is 2.10 bits per heavy atom. The van der Waals surface area contributed by atoms with Gasteiger partial charge in [-0.05, 0) is 67.1 Å². The van der Waals surface area contributed by atoms with Gasteiger partial charge in [-0.1, -0.05) is 90.5 Å². The number of piperidine rings is 1. The van der Waals surface area contributed by atoms with E-state index >= 15 is 0 Å². The van der Waals surface area contributed by atoms with Crippen LogP contribution in [0.3, 0.4) is 0 Å². The van der Waals surface area contributed by atoms with Gasteiger partial charge < -0.3 is 9.47 Å². The largest absolute Gasteiger partial charge is 0.335 e. The van der Waals surface area contributed by atoms with Crippen LogP contribution in [-0.4, -0.2) is 57.9 Å². The van der Waals surface area contributed by atoms with Gasteiger partial charge in [0.05, 0.1) is 29.6 Å². The summed E-state index contributed by atoms with van der Waals surface area (Å²) in [6.45, 7) is 3.75. The molecule has 49 heavy (non-hydrogen) atoms. The summed E-state index contributed by atoms with van der Waals surface area (Å²) in [5.74, 6) is 0.426. The van der Waals surface area contributed by atoms with Crippen molar-refractivity contribution in [2.45, 2.75) is 50.1 Å². The van der Waals surface area contributed by atoms with E-state index in [9.17, 15) is 18.5 Å². The molecule has 1 saturated heterocycles. The van der Waals surface area contributed by atoms with Gasteiger partial charge >= 0.3 is 0 Å². The maximum atomic E-state index is 14.4. The number of nitriles is 1. The number of hydrogen-bond acceptors (Lipinski definition) is 6. The van der Waals surface area contributed by atoms with Gasteiger partial charge in [0.2, 0.25) is 15.9 Å². The summed E-state index contributed by atoms with van der Waals surface area (Å²) < 4.78 is 30.2. The molecular formula is C39H40N6O3S. The molecule has 250 valence electrons. The first-order chi connectivity index (χ1) is 23.8. The van der Waals surface area contributed by atoms with Crippen molar-refractivity contribution in [3.63, 3.8) is 0 Å². The number of hydrogen-bond donors (Lipinski definition) is 0. The van der Waals surface area contributed by atoms with Crippen LogP contribution in [0.5, 0.6) is 0 Å². The Labute approximate surface area is 288 Å². The molecule has 0 bridgehead atoms. The SMILES string of the molecule is Cc1ccc(S(=O)(=O)N2CCC(C(=O)N(CCC(c3ccccc3)c3ccccc3)Cc3nncn3Cc3ccc(C#N)cc3)CC2)cc1. The quantitative estimate of drug-likeness (QED) is 0.157. The van der Waals surface area contributed by atoms with Crippen LogP contribution in [0.1, 0.15) is 58.8 Å². The average molecular weight is 673 g/mol. The zero-order chi connectivity index (χ0) is 34.2. The van der Waals surface area contributed by atoms with Gasteiger partial charge in [0.1, 0.15) is 6.33 Å². The Hall–Kier alpha value is -5.11. The second kappa shape index (κ2) is 15.4. The first kappa shape index (κ1) is 33.8. The number of nitrogens with zero attached hydrogens (tertiary/aromatic N) is 6. The van der Waals surface area contributed by atoms with Crippen LogP contribution in [0, 0.1) is 24.2 Å². The number of amides is 1. The van der Waals surface area contributed by atoms with Gasteiger partial charge in [-0.25, -0.2) is 8.42 Å². The fraction of sp³-hybridized carbons (Fsp3) is 0.282. The molecule has 1 aromatic heterocycles. The summed E-state index contributed by atoms with van der Waals surface area (Å²) >= 11 is 0. The third kappa shape index (κ3) is 8.13. The molecule has 0 aliphatic carbocycles. The standard InChI is InChI=1S/C39H40N6O3S/c1-30-12-18-36(19-13-30)49(47,48)45-24-20-35(21-25-45)39(46)43(23-22-37(33-8-4-2-5-9-33)34-10-6-3-7-11-34)28-38-42-41-29-44(38)27-32-16-14-31(26-40)15-17-32/h2-19,29,35,37H,20-25,27-28H2,1H3. The van der Waals surface area contributed by atoms with Crippen molar-refractivity contribution >= 4 is 15.9 Å². The van der Waals surface area contributed by atoms with Crippen molar-refractivity contribution in [2.75, 3.05) is 19.6 Å². The first-order valence-electron chi connectivity index (χ1n) is 16.6. The minimum atomic E-state index is -3.64. The van der Waals surface area contributed by atoms with E-state index in [-0.39, 0.29) is 42.3 Å². The molecule has 0 radical (unpaired) electrons. The third-order valence-electron chi connectivity index (χ3n) is 9.33. The molecule has 5 aromatic rings. The molecular weight excluding hydrogens is 633 g/mol. The summed E-state index contributed by atoms with van der Waals surface area (Å²) in [4.78, 5) is 16.5. The molecule has 1 fully saturated rings. The molecule has 4 aromatic carbocycles. The molecule has 0 unspecified atom stereocenters. The van der Waals surface area contributed by atoms with Crippen LogP contribution in [0.2, 0.25) is 0 Å². The van der Waals surface area contributed by atoms with E-state index in [1.54, 1.807) is 42.7 Å². The van der Waals surface area contributed by atoms with Crippen LogP contribution < -0.4 is 0 Å². The number of carbonyl (C=O) groups excluding carboxylic acids is 1. The van der Waals surface area contributed by atoms with Crippen LogP contribution in [0.4, 0.5) is 0 Å². The van der Waals surface area contributed by atoms with E-state index in [1.807, 2.05) is 64.9 Å². The zero-order valence-corrected chi connectivity index (χ0v) is 28.4. The number of carbonyl (C=O) groups is 1. The molecule has 10 heteroatoms. The maximum absolute atomic E-state index is 14.4. The van der Waals surface area contributed by atoms with Gasteiger partial charge in [-0.15, -0.1) is 10.2 Å². The molecule has 6 rings (SSSR count). The molecule has 2 heterocycles. The van der Waals surface area contributed by atoms with Gasteiger partial charge in [-0.3, -0.25) is 4.79 Å². The lowest BCUT2D eigenvalue weighted by Crippen LogP contribution is -2.44. The van der Waals surface area contributed by atoms with Crippen LogP contribution in [0.25, 0.3) is 0 Å². The van der Waals surface area contributed by atoms with Crippen molar-refractivity contribution < 1.29 is 13.2 Å². The lowest BCUT2D eigenvalue weighted by atomic mass is 9.88. The zero-order valence-electron chi connectivity index (χ0n) is 27.6. The smallest absolute Gasteiger partial charge is 0.243 e. The molecule has 1 aliphatic rings. The predicted octanol–water partition coefficient (Wildman–Crippen LogP) is 6.16. The third-order valence-corrected chi connectivity index (χ3v) is 11.2. The minimum Gasteiger partial charge on any atom is -0.335 e. The maximum Gasteiger partial charge on any atom is 0.243 e. The first-order valence-corrected chi connectivity index (χ1v) is 18.1. The minimum absolute atomic E-state index is 0.000167. The van der Waals surface area contributed by atoms with Crippen LogP contribution in [-0.2, 0) is 27.9 Å². The van der Waals surface area contributed by atoms with E-state index in [0.717, 1.165) is 11.1 Å². The number of sulfonamides is 1. The van der Waals surface area contributed by atoms with Crippen molar-refractivity contribution in [3.05, 3.63) is 149 Å². The topological polar surface area (TPSA) is 112 Å². The molecule has 0 N–H and O–H groups in total. The summed E-state index contributed by atoms with van der Waals surface area (Å²) in [5.41, 5.74) is 4.94. The lowest BCUT2D eigenvalue weighted by molar-refractivity contribution is -0.137. The monoisotopic (exact) mass is 672 g/mol. The Balaban J connectivity index is 1.22. The second-order valence-electron chi connectivity index (χ2n) is 12.6. The van der Waals surface area contributed by atoms with E-state index in [4.69, 9.17) is 0 Å². The fourth-order valence-electron chi connectivity index (χ4n) is 6.49. The molecule has 1 amide bonds. The number of rotatable bonds is 12. The fourth-order valence-corrected chi connectivity index (χ4v) is 7.96. The van der Waals surface area contributed by atoms with Crippen molar-refractivity contribution in [1.29, 1.82) is 5.26 Å². The van der Waals surface area contributed by atoms with E-state index in [2.05, 4.69) is 40.5 Å². The molecule has 0 spiro atoms. The Morgan fingerprint density at radius 2 is 1.51 bits per heavy atom. The normalized spacial score (nSPS) is 14.1. The predicted molar refractivity (Wildman–Crippen MR) is 188 cm³/mol. The Bertz CT molecular complexity index is 1940. The van der Waals surface area contributed by atoms with E-state index in [1.165, 1.54) is 15.4 Å². The summed E-state index contributed by atoms with van der Waals surface area (Å²) in [5, 5.41) is 17.8. The van der Waals surface area contributed by atoms with Crippen molar-refractivity contribution in [1.82, 2.24) is 24.0 Å². The molecule has 0 atom stereocenters. The number of benzene rings is 4. The van der Waals surface area contributed by atoms with Gasteiger partial charge in [-0.2, -0.15) is 9.57 Å². The molecule has 9 nitrogen and oxygen atoms in total. The van der Waals surface area contributed by atoms with Crippen molar-refractivity contribution in [2.24, 2.45) is 5.92 Å². The highest BCUT2D eigenvalue weighted by Gasteiger charge is 2.34. The Kier molecular flexibility index (Phi) is 10.6. The highest BCUT2D eigenvalue weighted by atomic mass is 32.2. The second-order valence-corrected chi connectivity index (χ2v) is 14.5. The number of aromatic nitrogens is 3. The van der Waals surface area contributed by atoms with Gasteiger partial charge in [0.15, 0.2) is 5.82 Å². The Morgan fingerprint density at radius 1 is 0.898 bits per heavy atom. The summed E-state index contributed by atoms with van der Waals surface area (Å²) in [6.07, 6.45) is 3.25. The summed E-state index contributed by atoms with van der Waals surface area (Å²) in [7, 11) is -3.64. The summed E-state index contributed by atoms with van der Waals surface area (Å²) in [6, 6.07) is 37.1. The van der Waals surface area contributed by atoms with E-state index in [0.29, 0.717) is 43.7 Å². The lowest BCUT2D eigenvalue weighted by Gasteiger charge is -2.34. The molecule has 1 aliphatic heterocycles. The van der Waals surface area contributed by atoms with E-state index < -0.39 is 10.0 Å². The van der Waals surface area contributed by atoms with Crippen molar-refractivity contribution in [3.8, 4) is 6.07 Å². The average Bonchev–Trinajstić information content (AvgIpc) is 3.58. The highest BCUT2D eigenvalue weighted by molar-refractivity contribution is 7.89. The van der Waals surface area contributed by atoms with Crippen LogP contribution >= 0.6 is 0 Å². The van der Waals surface area contributed by atoms with Crippen LogP contribution in [0.15, 0.2) is 120 Å². The van der Waals surface area contributed by atoms with Gasteiger partial charge in [0.25, 0.3) is 0 Å². The number of aryl methyl sites for hydroxylation is 1. The molecule has 0 saturated carbocycles. The highest BCUT2D eigenvalue weighted by Crippen LogP contribution is 2.30. The van der Waals surface area contributed by atoms with Gasteiger partial charge in [0, 0.05) is 31.5 Å².